The first kappa shape index (κ1) is 21.3. The second-order valence-corrected chi connectivity index (χ2v) is 7.90. The van der Waals surface area contributed by atoms with Gasteiger partial charge in [-0.25, -0.2) is 18.4 Å². The van der Waals surface area contributed by atoms with Crippen molar-refractivity contribution in [3.63, 3.8) is 0 Å². The van der Waals surface area contributed by atoms with E-state index in [4.69, 9.17) is 21.1 Å². The Morgan fingerprint density at radius 2 is 1.77 bits per heavy atom. The minimum Gasteiger partial charge on any atom is -0.482 e. The highest BCUT2D eigenvalue weighted by Gasteiger charge is 2.18. The van der Waals surface area contributed by atoms with Gasteiger partial charge in [-0.2, -0.15) is 0 Å². The minimum absolute atomic E-state index is 0.0273. The molecular weight excluding hydrogens is 432 g/mol. The number of rotatable bonds is 8. The van der Waals surface area contributed by atoms with Crippen LogP contribution in [0.5, 0.6) is 11.6 Å². The fourth-order valence-electron chi connectivity index (χ4n) is 2.35. The van der Waals surface area contributed by atoms with Crippen molar-refractivity contribution in [3.05, 3.63) is 65.9 Å². The largest absolute Gasteiger partial charge is 0.482 e. The number of nitrogens with zero attached hydrogens (tertiary/aromatic N) is 2. The maximum atomic E-state index is 12.5. The third-order valence-corrected chi connectivity index (χ3v) is 5.40. The van der Waals surface area contributed by atoms with Gasteiger partial charge in [0.25, 0.3) is 21.8 Å². The first-order valence-electron chi connectivity index (χ1n) is 8.54. The van der Waals surface area contributed by atoms with Crippen molar-refractivity contribution in [2.24, 2.45) is 0 Å². The maximum Gasteiger partial charge on any atom is 0.263 e. The molecule has 3 rings (SSSR count). The maximum absolute atomic E-state index is 12.5. The Bertz CT molecular complexity index is 1140. The van der Waals surface area contributed by atoms with Crippen LogP contribution in [0.3, 0.4) is 0 Å². The number of sulfonamides is 1. The second-order valence-electron chi connectivity index (χ2n) is 5.81. The Hall–Kier alpha value is -3.37. The van der Waals surface area contributed by atoms with E-state index in [0.29, 0.717) is 16.5 Å². The van der Waals surface area contributed by atoms with Crippen LogP contribution in [-0.4, -0.2) is 38.0 Å². The van der Waals surface area contributed by atoms with Crippen LogP contribution in [0, 0.1) is 0 Å². The van der Waals surface area contributed by atoms with E-state index in [-0.39, 0.29) is 23.2 Å². The lowest BCUT2D eigenvalue weighted by atomic mass is 10.3. The van der Waals surface area contributed by atoms with Crippen LogP contribution in [0.25, 0.3) is 0 Å². The summed E-state index contributed by atoms with van der Waals surface area (Å²) < 4.78 is 37.7. The normalized spacial score (nSPS) is 10.9. The van der Waals surface area contributed by atoms with E-state index in [1.165, 1.54) is 43.8 Å². The van der Waals surface area contributed by atoms with Gasteiger partial charge in [-0.05, 0) is 36.4 Å². The van der Waals surface area contributed by atoms with E-state index in [2.05, 4.69) is 20.0 Å². The summed E-state index contributed by atoms with van der Waals surface area (Å²) in [7, 11) is -2.57. The van der Waals surface area contributed by atoms with Crippen LogP contribution in [0.4, 0.5) is 11.5 Å². The van der Waals surface area contributed by atoms with Gasteiger partial charge >= 0.3 is 0 Å². The molecule has 0 unspecified atom stereocenters. The van der Waals surface area contributed by atoms with Gasteiger partial charge in [0.1, 0.15) is 5.75 Å². The molecule has 0 saturated carbocycles. The van der Waals surface area contributed by atoms with Crippen molar-refractivity contribution >= 4 is 39.0 Å². The van der Waals surface area contributed by atoms with Crippen LogP contribution < -0.4 is 19.5 Å². The zero-order valence-corrected chi connectivity index (χ0v) is 17.3. The summed E-state index contributed by atoms with van der Waals surface area (Å²) in [5, 5.41) is 3.01. The quantitative estimate of drug-likeness (QED) is 0.543. The highest BCUT2D eigenvalue weighted by atomic mass is 35.5. The van der Waals surface area contributed by atoms with E-state index in [1.807, 2.05) is 0 Å². The van der Waals surface area contributed by atoms with Crippen molar-refractivity contribution < 1.29 is 22.7 Å². The minimum atomic E-state index is -3.93. The lowest BCUT2D eigenvalue weighted by molar-refractivity contribution is -0.118. The molecule has 1 heterocycles. The summed E-state index contributed by atoms with van der Waals surface area (Å²) >= 11 is 5.97. The number of para-hydroxylation sites is 1. The SMILES string of the molecule is COc1nccnc1NS(=O)(=O)c1ccc(NC(=O)COc2ccccc2Cl)cc1. The van der Waals surface area contributed by atoms with E-state index in [9.17, 15) is 13.2 Å². The molecule has 0 fully saturated rings. The predicted octanol–water partition coefficient (Wildman–Crippen LogP) is 2.96. The van der Waals surface area contributed by atoms with Crippen LogP contribution >= 0.6 is 11.6 Å². The summed E-state index contributed by atoms with van der Waals surface area (Å²) in [6.07, 6.45) is 2.72. The average molecular weight is 449 g/mol. The highest BCUT2D eigenvalue weighted by molar-refractivity contribution is 7.92. The van der Waals surface area contributed by atoms with E-state index in [0.717, 1.165) is 0 Å². The molecule has 0 bridgehead atoms. The zero-order valence-electron chi connectivity index (χ0n) is 15.7. The van der Waals surface area contributed by atoms with Gasteiger partial charge in [0, 0.05) is 18.1 Å². The topological polar surface area (TPSA) is 120 Å². The molecule has 2 N–H and O–H groups in total. The van der Waals surface area contributed by atoms with Crippen LogP contribution in [0.2, 0.25) is 5.02 Å². The molecule has 11 heteroatoms. The standard InChI is InChI=1S/C19H17ClN4O5S/c1-28-19-18(21-10-11-22-19)24-30(26,27)14-8-6-13(7-9-14)23-17(25)12-29-16-5-3-2-4-15(16)20/h2-11H,12H2,1H3,(H,21,24)(H,23,25). The molecule has 9 nitrogen and oxygen atoms in total. The highest BCUT2D eigenvalue weighted by Crippen LogP contribution is 2.24. The summed E-state index contributed by atoms with van der Waals surface area (Å²) in [5.41, 5.74) is 0.402. The number of amides is 1. The first-order valence-corrected chi connectivity index (χ1v) is 10.4. The number of hydrogen-bond acceptors (Lipinski definition) is 7. The van der Waals surface area contributed by atoms with E-state index >= 15 is 0 Å². The first-order chi connectivity index (χ1) is 14.4. The van der Waals surface area contributed by atoms with Crippen LogP contribution in [-0.2, 0) is 14.8 Å². The number of aromatic nitrogens is 2. The molecule has 1 aromatic heterocycles. The average Bonchev–Trinajstić information content (AvgIpc) is 2.74. The fourth-order valence-corrected chi connectivity index (χ4v) is 3.55. The third-order valence-electron chi connectivity index (χ3n) is 3.73. The molecule has 0 aliphatic rings. The number of benzene rings is 2. The predicted molar refractivity (Wildman–Crippen MR) is 111 cm³/mol. The third kappa shape index (κ3) is 5.37. The number of methoxy groups -OCH3 is 1. The summed E-state index contributed by atoms with van der Waals surface area (Å²) in [4.78, 5) is 19.8. The smallest absolute Gasteiger partial charge is 0.263 e. The van der Waals surface area contributed by atoms with Crippen molar-refractivity contribution in [1.29, 1.82) is 0 Å². The molecule has 2 aromatic carbocycles. The zero-order chi connectivity index (χ0) is 21.6. The molecule has 1 amide bonds. The number of carbonyl (C=O) groups excluding carboxylic acids is 1. The van der Waals surface area contributed by atoms with E-state index in [1.54, 1.807) is 24.3 Å². The summed E-state index contributed by atoms with van der Waals surface area (Å²) in [6.45, 7) is -0.252. The van der Waals surface area contributed by atoms with Crippen LogP contribution in [0.15, 0.2) is 65.8 Å². The van der Waals surface area contributed by atoms with Crippen molar-refractivity contribution in [2.45, 2.75) is 4.90 Å². The molecule has 156 valence electrons. The number of carbonyl (C=O) groups is 1. The summed E-state index contributed by atoms with van der Waals surface area (Å²) in [6, 6.07) is 12.4. The lowest BCUT2D eigenvalue weighted by Crippen LogP contribution is -2.20. The van der Waals surface area contributed by atoms with Gasteiger partial charge < -0.3 is 14.8 Å². The molecule has 0 aliphatic carbocycles. The Morgan fingerprint density at radius 3 is 2.47 bits per heavy atom. The Kier molecular flexibility index (Phi) is 6.70. The molecule has 0 aliphatic heterocycles. The van der Waals surface area contributed by atoms with Gasteiger partial charge in [0.05, 0.1) is 17.0 Å². The molecule has 0 spiro atoms. The monoisotopic (exact) mass is 448 g/mol. The number of halogens is 1. The Labute approximate surface area is 178 Å². The van der Waals surface area contributed by atoms with Gasteiger partial charge in [0.15, 0.2) is 6.61 Å². The number of anilines is 2. The van der Waals surface area contributed by atoms with Gasteiger partial charge in [0.2, 0.25) is 5.82 Å². The molecule has 0 atom stereocenters. The van der Waals surface area contributed by atoms with Crippen molar-refractivity contribution in [3.8, 4) is 11.6 Å². The van der Waals surface area contributed by atoms with Gasteiger partial charge in [-0.15, -0.1) is 0 Å². The fraction of sp³-hybridized carbons (Fsp3) is 0.105. The van der Waals surface area contributed by atoms with Gasteiger partial charge in [-0.1, -0.05) is 23.7 Å². The van der Waals surface area contributed by atoms with Crippen molar-refractivity contribution in [1.82, 2.24) is 9.97 Å². The molecule has 3 aromatic rings. The molecule has 0 saturated heterocycles. The lowest BCUT2D eigenvalue weighted by Gasteiger charge is -2.11. The second kappa shape index (κ2) is 9.42. The summed E-state index contributed by atoms with van der Waals surface area (Å²) in [5.74, 6) is -0.0215. The molecule has 0 radical (unpaired) electrons. The van der Waals surface area contributed by atoms with Gasteiger partial charge in [-0.3, -0.25) is 9.52 Å². The number of hydrogen-bond donors (Lipinski definition) is 2. The Balaban J connectivity index is 1.62. The Morgan fingerprint density at radius 1 is 1.07 bits per heavy atom. The molecule has 30 heavy (non-hydrogen) atoms. The van der Waals surface area contributed by atoms with Crippen LogP contribution in [0.1, 0.15) is 0 Å². The van der Waals surface area contributed by atoms with E-state index < -0.39 is 15.9 Å². The van der Waals surface area contributed by atoms with Crippen molar-refractivity contribution in [2.75, 3.05) is 23.8 Å². The number of ether oxygens (including phenoxy) is 2. The molecular formula is C19H17ClN4O5S. The number of nitrogens with one attached hydrogen (secondary N) is 2.